The number of rotatable bonds is 4. The van der Waals surface area contributed by atoms with Crippen molar-refractivity contribution in [2.75, 3.05) is 32.8 Å². The van der Waals surface area contributed by atoms with Gasteiger partial charge in [-0.25, -0.2) is 0 Å². The second-order valence-corrected chi connectivity index (χ2v) is 4.31. The van der Waals surface area contributed by atoms with Gasteiger partial charge >= 0.3 is 0 Å². The van der Waals surface area contributed by atoms with Gasteiger partial charge in [-0.15, -0.1) is 24.8 Å². The lowest BCUT2D eigenvalue weighted by Gasteiger charge is -2.36. The molecule has 2 fully saturated rings. The molecule has 2 aliphatic rings. The molecule has 15 heavy (non-hydrogen) atoms. The Bertz CT molecular complexity index is 166. The minimum Gasteiger partial charge on any atom is -0.396 e. The van der Waals surface area contributed by atoms with Gasteiger partial charge < -0.3 is 10.4 Å². The normalized spacial score (nSPS) is 26.6. The molecule has 1 aliphatic heterocycles. The van der Waals surface area contributed by atoms with Gasteiger partial charge in [-0.2, -0.15) is 0 Å². The van der Waals surface area contributed by atoms with Crippen molar-refractivity contribution in [3.05, 3.63) is 0 Å². The van der Waals surface area contributed by atoms with E-state index in [-0.39, 0.29) is 24.8 Å². The highest BCUT2D eigenvalue weighted by molar-refractivity contribution is 5.85. The Balaban J connectivity index is 0.000000980. The van der Waals surface area contributed by atoms with Crippen LogP contribution in [0.2, 0.25) is 0 Å². The zero-order valence-electron chi connectivity index (χ0n) is 9.02. The third-order valence-corrected chi connectivity index (χ3v) is 3.12. The molecule has 92 valence electrons. The van der Waals surface area contributed by atoms with Gasteiger partial charge in [0.15, 0.2) is 0 Å². The lowest BCUT2D eigenvalue weighted by atomic mass is 10.1. The lowest BCUT2D eigenvalue weighted by Crippen LogP contribution is -2.52. The van der Waals surface area contributed by atoms with Crippen molar-refractivity contribution in [3.8, 4) is 0 Å². The van der Waals surface area contributed by atoms with Gasteiger partial charge in [0.05, 0.1) is 0 Å². The number of piperazine rings is 1. The summed E-state index contributed by atoms with van der Waals surface area (Å²) in [6.45, 7) is 4.95. The van der Waals surface area contributed by atoms with Crippen LogP contribution in [0.15, 0.2) is 0 Å². The van der Waals surface area contributed by atoms with Crippen LogP contribution in [-0.2, 0) is 0 Å². The summed E-state index contributed by atoms with van der Waals surface area (Å²) in [6.07, 6.45) is 3.78. The van der Waals surface area contributed by atoms with E-state index in [0.717, 1.165) is 25.4 Å². The van der Waals surface area contributed by atoms with E-state index in [9.17, 15) is 0 Å². The summed E-state index contributed by atoms with van der Waals surface area (Å²) in [5, 5.41) is 12.3. The monoisotopic (exact) mass is 256 g/mol. The fourth-order valence-electron chi connectivity index (χ4n) is 2.11. The zero-order valence-corrected chi connectivity index (χ0v) is 10.7. The van der Waals surface area contributed by atoms with Gasteiger partial charge in [-0.1, -0.05) is 0 Å². The first-order valence-electron chi connectivity index (χ1n) is 5.46. The van der Waals surface area contributed by atoms with E-state index in [1.165, 1.54) is 25.9 Å². The van der Waals surface area contributed by atoms with Gasteiger partial charge in [0.1, 0.15) is 0 Å². The van der Waals surface area contributed by atoms with Gasteiger partial charge in [0, 0.05) is 38.8 Å². The summed E-state index contributed by atoms with van der Waals surface area (Å²) in [6, 6.07) is 0.583. The Morgan fingerprint density at radius 1 is 1.27 bits per heavy atom. The van der Waals surface area contributed by atoms with Crippen LogP contribution < -0.4 is 5.32 Å². The van der Waals surface area contributed by atoms with Gasteiger partial charge in [-0.3, -0.25) is 4.90 Å². The lowest BCUT2D eigenvalue weighted by molar-refractivity contribution is 0.125. The van der Waals surface area contributed by atoms with E-state index in [4.69, 9.17) is 5.11 Å². The van der Waals surface area contributed by atoms with E-state index < -0.39 is 0 Å². The Hall–Kier alpha value is 0.460. The molecule has 1 saturated heterocycles. The standard InChI is InChI=1S/C10H20N2O.2ClH/c13-6-3-10-7-11-4-5-12(10)8-9-1-2-9;;/h9-11,13H,1-8H2;2*1H. The molecule has 0 aromatic heterocycles. The summed E-state index contributed by atoms with van der Waals surface area (Å²) < 4.78 is 0. The van der Waals surface area contributed by atoms with Crippen molar-refractivity contribution in [2.24, 2.45) is 5.92 Å². The number of nitrogens with zero attached hydrogens (tertiary/aromatic N) is 1. The Labute approximate surface area is 104 Å². The number of aliphatic hydroxyl groups is 1. The molecule has 1 unspecified atom stereocenters. The van der Waals surface area contributed by atoms with E-state index >= 15 is 0 Å². The number of nitrogens with one attached hydrogen (secondary N) is 1. The van der Waals surface area contributed by atoms with Crippen LogP contribution in [0.5, 0.6) is 0 Å². The highest BCUT2D eigenvalue weighted by atomic mass is 35.5. The third-order valence-electron chi connectivity index (χ3n) is 3.12. The molecule has 0 aromatic rings. The van der Waals surface area contributed by atoms with Crippen LogP contribution in [0.4, 0.5) is 0 Å². The first-order chi connectivity index (χ1) is 6.40. The maximum atomic E-state index is 8.93. The first-order valence-corrected chi connectivity index (χ1v) is 5.46. The molecule has 5 heteroatoms. The second kappa shape index (κ2) is 7.69. The van der Waals surface area contributed by atoms with Crippen LogP contribution in [0, 0.1) is 5.92 Å². The SMILES string of the molecule is Cl.Cl.OCCC1CNCCN1CC1CC1. The minimum absolute atomic E-state index is 0. The smallest absolute Gasteiger partial charge is 0.0446 e. The van der Waals surface area contributed by atoms with Crippen LogP contribution in [-0.4, -0.2) is 48.8 Å². The summed E-state index contributed by atoms with van der Waals surface area (Å²) in [5.74, 6) is 0.972. The van der Waals surface area contributed by atoms with Crippen molar-refractivity contribution < 1.29 is 5.11 Å². The Kier molecular flexibility index (Phi) is 7.92. The van der Waals surface area contributed by atoms with E-state index in [2.05, 4.69) is 10.2 Å². The molecule has 2 N–H and O–H groups in total. The Morgan fingerprint density at radius 3 is 2.60 bits per heavy atom. The molecule has 3 nitrogen and oxygen atoms in total. The van der Waals surface area contributed by atoms with Crippen molar-refractivity contribution in [2.45, 2.75) is 25.3 Å². The summed E-state index contributed by atoms with van der Waals surface area (Å²) in [5.41, 5.74) is 0. The van der Waals surface area contributed by atoms with Crippen molar-refractivity contribution in [1.82, 2.24) is 10.2 Å². The molecule has 0 amide bonds. The molecule has 0 bridgehead atoms. The molecule has 0 aromatic carbocycles. The van der Waals surface area contributed by atoms with Crippen molar-refractivity contribution in [3.63, 3.8) is 0 Å². The fourth-order valence-corrected chi connectivity index (χ4v) is 2.11. The molecular weight excluding hydrogens is 235 g/mol. The number of aliphatic hydroxyl groups excluding tert-OH is 1. The highest BCUT2D eigenvalue weighted by Crippen LogP contribution is 2.30. The van der Waals surface area contributed by atoms with E-state index in [0.29, 0.717) is 12.6 Å². The molecule has 2 rings (SSSR count). The average molecular weight is 257 g/mol. The Morgan fingerprint density at radius 2 is 2.00 bits per heavy atom. The molecule has 1 heterocycles. The van der Waals surface area contributed by atoms with Crippen molar-refractivity contribution in [1.29, 1.82) is 0 Å². The number of halogens is 2. The van der Waals surface area contributed by atoms with E-state index in [1.54, 1.807) is 0 Å². The topological polar surface area (TPSA) is 35.5 Å². The van der Waals surface area contributed by atoms with Crippen LogP contribution >= 0.6 is 24.8 Å². The van der Waals surface area contributed by atoms with Gasteiger partial charge in [0.2, 0.25) is 0 Å². The highest BCUT2D eigenvalue weighted by Gasteiger charge is 2.29. The van der Waals surface area contributed by atoms with Gasteiger partial charge in [-0.05, 0) is 25.2 Å². The summed E-state index contributed by atoms with van der Waals surface area (Å²) in [7, 11) is 0. The maximum absolute atomic E-state index is 8.93. The number of hydrogen-bond donors (Lipinski definition) is 2. The quantitative estimate of drug-likeness (QED) is 0.785. The summed E-state index contributed by atoms with van der Waals surface area (Å²) >= 11 is 0. The van der Waals surface area contributed by atoms with E-state index in [1.807, 2.05) is 0 Å². The van der Waals surface area contributed by atoms with Gasteiger partial charge in [0.25, 0.3) is 0 Å². The van der Waals surface area contributed by atoms with Crippen LogP contribution in [0.3, 0.4) is 0 Å². The molecule has 1 aliphatic carbocycles. The predicted molar refractivity (Wildman–Crippen MR) is 67.2 cm³/mol. The van der Waals surface area contributed by atoms with Crippen LogP contribution in [0.25, 0.3) is 0 Å². The zero-order chi connectivity index (χ0) is 9.10. The molecule has 0 radical (unpaired) electrons. The third kappa shape index (κ3) is 4.87. The second-order valence-electron chi connectivity index (χ2n) is 4.31. The summed E-state index contributed by atoms with van der Waals surface area (Å²) in [4.78, 5) is 2.56. The molecular formula is C10H22Cl2N2O. The van der Waals surface area contributed by atoms with Crippen molar-refractivity contribution >= 4 is 24.8 Å². The number of hydrogen-bond acceptors (Lipinski definition) is 3. The average Bonchev–Trinajstić information content (AvgIpc) is 2.93. The largest absolute Gasteiger partial charge is 0.396 e. The predicted octanol–water partition coefficient (Wildman–Crippen LogP) is 0.896. The van der Waals surface area contributed by atoms with Crippen LogP contribution in [0.1, 0.15) is 19.3 Å². The molecule has 1 saturated carbocycles. The molecule has 1 atom stereocenters. The maximum Gasteiger partial charge on any atom is 0.0446 e. The molecule has 0 spiro atoms. The fraction of sp³-hybridized carbons (Fsp3) is 1.00. The minimum atomic E-state index is 0. The first kappa shape index (κ1) is 15.5.